The predicted molar refractivity (Wildman–Crippen MR) is 135 cm³/mol. The second kappa shape index (κ2) is 12.4. The summed E-state index contributed by atoms with van der Waals surface area (Å²) in [5.74, 6) is -3.60. The van der Waals surface area contributed by atoms with Gasteiger partial charge in [0, 0.05) is 24.2 Å². The molecule has 18 heteroatoms. The van der Waals surface area contributed by atoms with E-state index in [-0.39, 0.29) is 25.2 Å². The second-order valence-electron chi connectivity index (χ2n) is 9.15. The Balaban J connectivity index is 1.56. The molecular weight excluding hydrogens is 556 g/mol. The lowest BCUT2D eigenvalue weighted by molar-refractivity contribution is -0.326. The van der Waals surface area contributed by atoms with Crippen LogP contribution in [0, 0.1) is 20.8 Å². The molecule has 0 amide bonds. The molecule has 2 aliphatic rings. The summed E-state index contributed by atoms with van der Waals surface area (Å²) >= 11 is 0. The summed E-state index contributed by atoms with van der Waals surface area (Å²) in [6.07, 6.45) is -0.801. The first-order valence-electron chi connectivity index (χ1n) is 12.0. The number of anilines is 4. The van der Waals surface area contributed by atoms with Crippen molar-refractivity contribution in [3.05, 3.63) is 68.4 Å². The lowest BCUT2D eigenvalue weighted by Gasteiger charge is -2.46. The van der Waals surface area contributed by atoms with E-state index >= 15 is 0 Å². The third-order valence-corrected chi connectivity index (χ3v) is 6.43. The highest BCUT2D eigenvalue weighted by Gasteiger charge is 2.50. The van der Waals surface area contributed by atoms with Gasteiger partial charge in [-0.05, 0) is 49.2 Å². The van der Waals surface area contributed by atoms with E-state index < -0.39 is 79.2 Å². The van der Waals surface area contributed by atoms with Crippen LogP contribution in [0.4, 0.5) is 22.7 Å². The summed E-state index contributed by atoms with van der Waals surface area (Å²) in [5, 5.41) is 79.7. The van der Waals surface area contributed by atoms with Crippen molar-refractivity contribution in [2.75, 3.05) is 34.1 Å². The number of hydrogen-bond donors (Lipinski definition) is 4. The topological polar surface area (TPSA) is 257 Å². The standard InChI is InChI=1S/C23H24N4O14/c28-21(13-5-15(24(30)31)9-16(6-13)25(32)33)40-19-11-20(23(39-12-19)3-1-2-4-38-23)41-22(29)14-7-17(26(34)35)10-18(8-14)27(36)37/h5-10,19-20,30-31,34-35H,1-4,11-12H2/q-4/t19-,20+,23-/m0/s1. The summed E-state index contributed by atoms with van der Waals surface area (Å²) in [6, 6.07) is 5.24. The maximum absolute atomic E-state index is 13.1. The van der Waals surface area contributed by atoms with E-state index in [2.05, 4.69) is 0 Å². The first-order valence-corrected chi connectivity index (χ1v) is 12.0. The number of rotatable bonds is 8. The zero-order chi connectivity index (χ0) is 29.9. The maximum Gasteiger partial charge on any atom is 0.338 e. The van der Waals surface area contributed by atoms with Crippen LogP contribution < -0.4 is 20.9 Å². The molecule has 2 aromatic rings. The molecule has 224 valence electrons. The molecule has 2 fully saturated rings. The lowest BCUT2D eigenvalue weighted by Crippen LogP contribution is -2.57. The molecule has 0 radical (unpaired) electrons. The lowest BCUT2D eigenvalue weighted by atomic mass is 9.93. The average Bonchev–Trinajstić information content (AvgIpc) is 2.94. The highest BCUT2D eigenvalue weighted by Crippen LogP contribution is 2.38. The van der Waals surface area contributed by atoms with Crippen LogP contribution in [0.1, 0.15) is 46.4 Å². The number of nitrogens with zero attached hydrogens (tertiary/aromatic N) is 4. The molecule has 0 aromatic heterocycles. The van der Waals surface area contributed by atoms with Gasteiger partial charge in [0.2, 0.25) is 5.79 Å². The molecule has 41 heavy (non-hydrogen) atoms. The number of benzene rings is 2. The van der Waals surface area contributed by atoms with Gasteiger partial charge < -0.3 is 50.2 Å². The summed E-state index contributed by atoms with van der Waals surface area (Å²) < 4.78 is 22.7. The Labute approximate surface area is 230 Å². The number of ether oxygens (including phenoxy) is 4. The largest absolute Gasteiger partial charge is 0.769 e. The van der Waals surface area contributed by atoms with E-state index in [0.29, 0.717) is 19.3 Å². The molecule has 18 nitrogen and oxygen atoms in total. The van der Waals surface area contributed by atoms with E-state index in [1.165, 1.54) is 0 Å². The fourth-order valence-corrected chi connectivity index (χ4v) is 4.48. The molecular formula is C23H24N4O14-4. The number of carbonyl (C=O) groups excluding carboxylic acids is 2. The van der Waals surface area contributed by atoms with Crippen LogP contribution >= 0.6 is 0 Å². The van der Waals surface area contributed by atoms with E-state index in [1.54, 1.807) is 0 Å². The van der Waals surface area contributed by atoms with Crippen molar-refractivity contribution < 1.29 is 49.4 Å². The summed E-state index contributed by atoms with van der Waals surface area (Å²) in [4.78, 5) is 25.9. The summed E-state index contributed by atoms with van der Waals surface area (Å²) in [7, 11) is 0. The third kappa shape index (κ3) is 6.92. The van der Waals surface area contributed by atoms with Crippen molar-refractivity contribution in [3.63, 3.8) is 0 Å². The van der Waals surface area contributed by atoms with Crippen LogP contribution in [0.5, 0.6) is 0 Å². The van der Waals surface area contributed by atoms with Crippen LogP contribution in [0.25, 0.3) is 0 Å². The van der Waals surface area contributed by atoms with Gasteiger partial charge in [-0.2, -0.15) is 0 Å². The third-order valence-electron chi connectivity index (χ3n) is 6.43. The Morgan fingerprint density at radius 2 is 1.27 bits per heavy atom. The normalized spacial score (nSPS) is 22.1. The van der Waals surface area contributed by atoms with E-state index in [1.807, 2.05) is 0 Å². The minimum Gasteiger partial charge on any atom is -0.769 e. The predicted octanol–water partition coefficient (Wildman–Crippen LogP) is 2.53. The quantitative estimate of drug-likeness (QED) is 0.258. The Morgan fingerprint density at radius 3 is 1.73 bits per heavy atom. The van der Waals surface area contributed by atoms with E-state index in [4.69, 9.17) is 18.9 Å². The fraction of sp³-hybridized carbons (Fsp3) is 0.391. The van der Waals surface area contributed by atoms with Crippen molar-refractivity contribution >= 4 is 34.7 Å². The first kappa shape index (κ1) is 30.1. The Morgan fingerprint density at radius 1 is 0.756 bits per heavy atom. The molecule has 4 N–H and O–H groups in total. The molecule has 2 aromatic carbocycles. The van der Waals surface area contributed by atoms with Crippen molar-refractivity contribution in [2.45, 2.75) is 43.7 Å². The molecule has 4 rings (SSSR count). The van der Waals surface area contributed by atoms with Gasteiger partial charge in [0.15, 0.2) is 6.10 Å². The Hall–Kier alpha value is -3.82. The SMILES string of the molecule is O=C(O[C@@H]1CO[C@@]2(CCCCO2)[C@H](OC(=O)c2cc(N([O-])[O-])cc(N(O)O)c2)C1)c1cc(N([O-])[O-])cc(N(O)O)c1. The van der Waals surface area contributed by atoms with Crippen LogP contribution in [-0.4, -0.2) is 64.0 Å². The molecule has 0 unspecified atom stereocenters. The zero-order valence-corrected chi connectivity index (χ0v) is 21.0. The van der Waals surface area contributed by atoms with Gasteiger partial charge in [-0.15, -0.1) is 10.5 Å². The number of carbonyl (C=O) groups is 2. The van der Waals surface area contributed by atoms with Crippen LogP contribution in [0.3, 0.4) is 0 Å². The number of esters is 2. The molecule has 2 aliphatic heterocycles. The molecule has 0 bridgehead atoms. The minimum absolute atomic E-state index is 0.167. The van der Waals surface area contributed by atoms with E-state index in [0.717, 1.165) is 36.4 Å². The van der Waals surface area contributed by atoms with Crippen molar-refractivity contribution in [1.82, 2.24) is 0 Å². The van der Waals surface area contributed by atoms with Gasteiger partial charge in [-0.3, -0.25) is 20.8 Å². The van der Waals surface area contributed by atoms with E-state index in [9.17, 15) is 51.2 Å². The Bertz CT molecular complexity index is 1200. The molecule has 0 aliphatic carbocycles. The van der Waals surface area contributed by atoms with Crippen LogP contribution in [-0.2, 0) is 18.9 Å². The van der Waals surface area contributed by atoms with Gasteiger partial charge in [0.1, 0.15) is 6.10 Å². The molecule has 1 spiro atoms. The second-order valence-corrected chi connectivity index (χ2v) is 9.15. The average molecular weight is 580 g/mol. The Kier molecular flexibility index (Phi) is 9.09. The van der Waals surface area contributed by atoms with Crippen LogP contribution in [0.2, 0.25) is 0 Å². The van der Waals surface area contributed by atoms with Gasteiger partial charge in [-0.1, -0.05) is 0 Å². The summed E-state index contributed by atoms with van der Waals surface area (Å²) in [6.45, 7) is 0.0529. The monoisotopic (exact) mass is 580 g/mol. The number of hydrogen-bond acceptors (Lipinski definition) is 18. The van der Waals surface area contributed by atoms with Gasteiger partial charge in [0.05, 0.1) is 35.7 Å². The first-order chi connectivity index (χ1) is 19.4. The molecule has 0 saturated carbocycles. The van der Waals surface area contributed by atoms with Crippen molar-refractivity contribution in [2.24, 2.45) is 0 Å². The van der Waals surface area contributed by atoms with Gasteiger partial charge >= 0.3 is 11.9 Å². The van der Waals surface area contributed by atoms with Gasteiger partial charge in [-0.25, -0.2) is 9.59 Å². The minimum atomic E-state index is -1.42. The fourth-order valence-electron chi connectivity index (χ4n) is 4.48. The van der Waals surface area contributed by atoms with Crippen molar-refractivity contribution in [1.29, 1.82) is 0 Å². The molecule has 2 heterocycles. The maximum atomic E-state index is 13.1. The smallest absolute Gasteiger partial charge is 0.338 e. The van der Waals surface area contributed by atoms with Gasteiger partial charge in [0.25, 0.3) is 0 Å². The van der Waals surface area contributed by atoms with Crippen LogP contribution in [0.15, 0.2) is 36.4 Å². The summed E-state index contributed by atoms with van der Waals surface area (Å²) in [5.41, 5.74) is -2.99. The van der Waals surface area contributed by atoms with Crippen molar-refractivity contribution in [3.8, 4) is 0 Å². The highest BCUT2D eigenvalue weighted by atomic mass is 16.8. The molecule has 3 atom stereocenters. The molecule has 2 saturated heterocycles. The highest BCUT2D eigenvalue weighted by molar-refractivity contribution is 5.93. The zero-order valence-electron chi connectivity index (χ0n) is 21.0.